The average Bonchev–Trinajstić information content (AvgIpc) is 3.06. The summed E-state index contributed by atoms with van der Waals surface area (Å²) in [5, 5.41) is 58.6. The van der Waals surface area contributed by atoms with Crippen LogP contribution in [-0.4, -0.2) is 142 Å². The molecular weight excluding hydrogens is 571 g/mol. The van der Waals surface area contributed by atoms with Crippen LogP contribution in [0, 0.1) is 0 Å². The van der Waals surface area contributed by atoms with Crippen LogP contribution in [0.25, 0.3) is 0 Å². The van der Waals surface area contributed by atoms with Crippen LogP contribution in [0.3, 0.4) is 0 Å². The molecule has 3 heterocycles. The molecule has 0 aliphatic carbocycles. The van der Waals surface area contributed by atoms with E-state index in [1.165, 1.54) is 0 Å². The van der Waals surface area contributed by atoms with Crippen molar-refractivity contribution in [2.45, 2.75) is 55.2 Å². The molecule has 2 fully saturated rings. The SMILES string of the molecule is O=c1ccn([C@@H]2O[C@H](COP(=O)(O)OP(=O)(O)O[13C@H]3O[13C@H]([13CH2]O)[13C@@H](O)[13C@H](O)[13C@H]3O)[C@@H](O)[C@H]2O)c(=O)[nH]1.[Na]. The normalized spacial score (nSPS) is 37.4. The molecule has 0 bridgehead atoms. The summed E-state index contributed by atoms with van der Waals surface area (Å²) in [4.78, 5) is 44.5. The first-order chi connectivity index (χ1) is 16.7. The number of H-pyrrole nitrogens is 1. The van der Waals surface area contributed by atoms with E-state index < -0.39 is 95.4 Å². The monoisotopic (exact) mass is 595 g/mol. The Kier molecular flexibility index (Phi) is 11.4. The number of rotatable bonds is 9. The Morgan fingerprint density at radius 3 is 2.14 bits per heavy atom. The zero-order valence-electron chi connectivity index (χ0n) is 18.9. The van der Waals surface area contributed by atoms with Gasteiger partial charge >= 0.3 is 21.3 Å². The predicted octanol–water partition coefficient (Wildman–Crippen LogP) is -5.17. The summed E-state index contributed by atoms with van der Waals surface area (Å²) >= 11 is 0. The quantitative estimate of drug-likeness (QED) is 0.0732. The van der Waals surface area contributed by atoms with Crippen molar-refractivity contribution in [1.29, 1.82) is 0 Å². The van der Waals surface area contributed by atoms with E-state index in [4.69, 9.17) is 14.6 Å². The van der Waals surface area contributed by atoms with Gasteiger partial charge in [0.1, 0.15) is 42.7 Å². The van der Waals surface area contributed by atoms with E-state index in [2.05, 4.69) is 13.4 Å². The van der Waals surface area contributed by atoms with Gasteiger partial charge in [0.25, 0.3) is 5.56 Å². The Bertz CT molecular complexity index is 1130. The third-order valence-corrected chi connectivity index (χ3v) is 7.76. The van der Waals surface area contributed by atoms with Gasteiger partial charge in [0.15, 0.2) is 12.5 Å². The van der Waals surface area contributed by atoms with Crippen LogP contribution in [0.1, 0.15) is 6.23 Å². The maximum atomic E-state index is 12.2. The summed E-state index contributed by atoms with van der Waals surface area (Å²) in [5.41, 5.74) is -1.75. The van der Waals surface area contributed by atoms with Crippen LogP contribution >= 0.6 is 15.6 Å². The number of phosphoric acid groups is 2. The molecule has 1 aromatic heterocycles. The molecule has 0 saturated carbocycles. The van der Waals surface area contributed by atoms with Gasteiger partial charge in [-0.05, 0) is 0 Å². The largest absolute Gasteiger partial charge is 0.483 e. The van der Waals surface area contributed by atoms with Gasteiger partial charge in [-0.2, -0.15) is 4.31 Å². The van der Waals surface area contributed by atoms with Crippen molar-refractivity contribution in [3.8, 4) is 0 Å². The van der Waals surface area contributed by atoms with E-state index in [0.29, 0.717) is 0 Å². The maximum Gasteiger partial charge on any atom is 0.483 e. The number of aliphatic hydroxyl groups is 6. The summed E-state index contributed by atoms with van der Waals surface area (Å²) in [6.07, 6.45) is -15.4. The fourth-order valence-corrected chi connectivity index (χ4v) is 5.51. The van der Waals surface area contributed by atoms with Crippen LogP contribution in [0.4, 0.5) is 0 Å². The summed E-state index contributed by atoms with van der Waals surface area (Å²) in [7, 11) is -11.1. The van der Waals surface area contributed by atoms with Gasteiger partial charge in [-0.1, -0.05) is 0 Å². The zero-order valence-corrected chi connectivity index (χ0v) is 22.6. The molecule has 9 N–H and O–H groups in total. The van der Waals surface area contributed by atoms with E-state index in [9.17, 15) is 54.0 Å². The number of phosphoric ester groups is 2. The number of aromatic amines is 1. The minimum Gasteiger partial charge on any atom is -0.394 e. The molecule has 2 saturated heterocycles. The Balaban J connectivity index is 0.00000481. The predicted molar refractivity (Wildman–Crippen MR) is 115 cm³/mol. The summed E-state index contributed by atoms with van der Waals surface area (Å²) < 4.78 is 48.1. The van der Waals surface area contributed by atoms with Gasteiger partial charge in [0.05, 0.1) is 13.2 Å². The molecular formula is C15H24N2NaO17P2. The number of hydrogen-bond donors (Lipinski definition) is 9. The first-order valence-corrected chi connectivity index (χ1v) is 13.0. The number of aliphatic hydroxyl groups excluding tert-OH is 6. The average molecular weight is 595 g/mol. The zero-order chi connectivity index (χ0) is 27.0. The van der Waals surface area contributed by atoms with Crippen LogP contribution < -0.4 is 11.2 Å². The second-order valence-corrected chi connectivity index (χ2v) is 10.7. The first-order valence-electron chi connectivity index (χ1n) is 9.99. The molecule has 22 heteroatoms. The third kappa shape index (κ3) is 7.85. The smallest absolute Gasteiger partial charge is 0.394 e. The van der Waals surface area contributed by atoms with E-state index in [1.807, 2.05) is 4.98 Å². The van der Waals surface area contributed by atoms with Crippen molar-refractivity contribution < 1.29 is 72.4 Å². The number of aromatic nitrogens is 2. The van der Waals surface area contributed by atoms with Gasteiger partial charge in [0, 0.05) is 41.8 Å². The molecule has 0 amide bonds. The molecule has 0 aromatic carbocycles. The second kappa shape index (κ2) is 12.9. The van der Waals surface area contributed by atoms with Crippen molar-refractivity contribution in [1.82, 2.24) is 9.55 Å². The molecule has 207 valence electrons. The minimum atomic E-state index is -5.59. The van der Waals surface area contributed by atoms with Gasteiger partial charge < -0.3 is 49.9 Å². The van der Waals surface area contributed by atoms with E-state index in [0.717, 1.165) is 16.8 Å². The van der Waals surface area contributed by atoms with E-state index in [1.54, 1.807) is 0 Å². The minimum absolute atomic E-state index is 0. The molecule has 1 radical (unpaired) electrons. The van der Waals surface area contributed by atoms with Crippen LogP contribution in [0.2, 0.25) is 0 Å². The van der Waals surface area contributed by atoms with Crippen LogP contribution in [0.5, 0.6) is 0 Å². The van der Waals surface area contributed by atoms with Gasteiger partial charge in [-0.15, -0.1) is 0 Å². The Morgan fingerprint density at radius 1 is 0.919 bits per heavy atom. The van der Waals surface area contributed by atoms with Crippen molar-refractivity contribution in [3.63, 3.8) is 0 Å². The van der Waals surface area contributed by atoms with E-state index >= 15 is 0 Å². The number of nitrogens with zero attached hydrogens (tertiary/aromatic N) is 1. The van der Waals surface area contributed by atoms with Crippen molar-refractivity contribution in [3.05, 3.63) is 33.1 Å². The van der Waals surface area contributed by atoms with Crippen molar-refractivity contribution in [2.75, 3.05) is 13.2 Å². The topological polar surface area (TPSA) is 297 Å². The van der Waals surface area contributed by atoms with Crippen molar-refractivity contribution in [2.24, 2.45) is 0 Å². The fourth-order valence-electron chi connectivity index (χ4n) is 3.35. The molecule has 11 atom stereocenters. The van der Waals surface area contributed by atoms with Gasteiger partial charge in [-0.3, -0.25) is 23.4 Å². The second-order valence-electron chi connectivity index (χ2n) is 7.68. The number of hydrogen-bond acceptors (Lipinski definition) is 15. The van der Waals surface area contributed by atoms with E-state index in [-0.39, 0.29) is 29.6 Å². The molecule has 3 rings (SSSR count). The van der Waals surface area contributed by atoms with Crippen LogP contribution in [-0.2, 0) is 32.0 Å². The standard InChI is InChI=1S/C15H24N2O17P2.Na/c18-3-5-8(20)10(22)12(24)14(32-5)33-36(28,29)34-35(26,27)30-4-6-9(21)11(23)13(31-6)17-2-1-7(19)16-15(17)25;/h1-2,5-6,8-14,18,20-24H,3-4H2,(H,26,27)(H,28,29)(H,16,19,25);/t5-,6-,8-,9-,10+,11-,12-,13-,14-;/m1./s1/i3+1,5+1,8+1,10+1,12+1,14+1;. The molecule has 2 aliphatic heterocycles. The number of nitrogens with one attached hydrogen (secondary N) is 1. The first kappa shape index (κ1) is 32.8. The molecule has 0 spiro atoms. The molecule has 37 heavy (non-hydrogen) atoms. The summed E-state index contributed by atoms with van der Waals surface area (Å²) in [6.45, 7) is -1.93. The Hall–Kier alpha value is -0.380. The van der Waals surface area contributed by atoms with Crippen LogP contribution in [0.15, 0.2) is 21.9 Å². The molecule has 2 unspecified atom stereocenters. The van der Waals surface area contributed by atoms with Gasteiger partial charge in [0.2, 0.25) is 0 Å². The van der Waals surface area contributed by atoms with Gasteiger partial charge in [-0.25, -0.2) is 13.9 Å². The summed E-state index contributed by atoms with van der Waals surface area (Å²) in [6, 6.07) is 0.928. The maximum absolute atomic E-state index is 12.2. The fraction of sp³-hybridized carbons (Fsp3) is 0.733. The Labute approximate surface area is 228 Å². The third-order valence-electron chi connectivity index (χ3n) is 5.16. The molecule has 19 nitrogen and oxygen atoms in total. The van der Waals surface area contributed by atoms with Crippen molar-refractivity contribution >= 4 is 45.2 Å². The number of ether oxygens (including phenoxy) is 2. The summed E-state index contributed by atoms with van der Waals surface area (Å²) in [5.74, 6) is 0. The Morgan fingerprint density at radius 2 is 1.54 bits per heavy atom. The molecule has 2 aliphatic rings. The molecule has 1 aromatic rings.